The SMILES string of the molecule is Cn1cncc1C(=O)NC1(C(=O)O)CCCCCC1. The second-order valence-corrected chi connectivity index (χ2v) is 5.15. The highest BCUT2D eigenvalue weighted by atomic mass is 16.4. The van der Waals surface area contributed by atoms with Crippen LogP contribution in [0.4, 0.5) is 0 Å². The van der Waals surface area contributed by atoms with Gasteiger partial charge in [0.05, 0.1) is 12.5 Å². The molecular weight excluding hydrogens is 246 g/mol. The molecule has 1 aromatic heterocycles. The van der Waals surface area contributed by atoms with Crippen LogP contribution in [0, 0.1) is 0 Å². The molecule has 19 heavy (non-hydrogen) atoms. The topological polar surface area (TPSA) is 84.2 Å². The summed E-state index contributed by atoms with van der Waals surface area (Å²) >= 11 is 0. The van der Waals surface area contributed by atoms with E-state index in [0.29, 0.717) is 18.5 Å². The van der Waals surface area contributed by atoms with Gasteiger partial charge in [0.2, 0.25) is 0 Å². The van der Waals surface area contributed by atoms with Crippen LogP contribution in [0.2, 0.25) is 0 Å². The van der Waals surface area contributed by atoms with E-state index in [0.717, 1.165) is 25.7 Å². The number of nitrogens with zero attached hydrogens (tertiary/aromatic N) is 2. The van der Waals surface area contributed by atoms with E-state index in [1.807, 2.05) is 0 Å². The quantitative estimate of drug-likeness (QED) is 0.807. The Bertz CT molecular complexity index is 473. The van der Waals surface area contributed by atoms with Crippen molar-refractivity contribution in [1.29, 1.82) is 0 Å². The number of carbonyl (C=O) groups excluding carboxylic acids is 1. The molecule has 0 radical (unpaired) electrons. The summed E-state index contributed by atoms with van der Waals surface area (Å²) in [5.41, 5.74) is -0.748. The second-order valence-electron chi connectivity index (χ2n) is 5.15. The number of hydrogen-bond acceptors (Lipinski definition) is 3. The number of aryl methyl sites for hydroxylation is 1. The van der Waals surface area contributed by atoms with Crippen LogP contribution in [0.25, 0.3) is 0 Å². The van der Waals surface area contributed by atoms with Crippen molar-refractivity contribution in [3.63, 3.8) is 0 Å². The number of aliphatic carboxylic acids is 1. The minimum Gasteiger partial charge on any atom is -0.480 e. The second kappa shape index (κ2) is 5.42. The molecule has 1 aliphatic carbocycles. The highest BCUT2D eigenvalue weighted by Gasteiger charge is 2.40. The Balaban J connectivity index is 2.19. The lowest BCUT2D eigenvalue weighted by molar-refractivity contribution is -0.145. The van der Waals surface area contributed by atoms with Crippen molar-refractivity contribution in [1.82, 2.24) is 14.9 Å². The lowest BCUT2D eigenvalue weighted by Gasteiger charge is -2.29. The third kappa shape index (κ3) is 2.77. The van der Waals surface area contributed by atoms with Crippen molar-refractivity contribution in [3.05, 3.63) is 18.2 Å². The van der Waals surface area contributed by atoms with E-state index in [1.54, 1.807) is 11.6 Å². The van der Waals surface area contributed by atoms with Crippen molar-refractivity contribution in [3.8, 4) is 0 Å². The summed E-state index contributed by atoms with van der Waals surface area (Å²) in [5.74, 6) is -1.31. The monoisotopic (exact) mass is 265 g/mol. The molecule has 0 atom stereocenters. The molecule has 1 amide bonds. The fourth-order valence-electron chi connectivity index (χ4n) is 2.58. The third-order valence-electron chi connectivity index (χ3n) is 3.77. The Hall–Kier alpha value is -1.85. The van der Waals surface area contributed by atoms with Crippen LogP contribution < -0.4 is 5.32 Å². The van der Waals surface area contributed by atoms with E-state index in [9.17, 15) is 14.7 Å². The Morgan fingerprint density at radius 1 is 1.32 bits per heavy atom. The molecule has 1 aliphatic rings. The smallest absolute Gasteiger partial charge is 0.329 e. The highest BCUT2D eigenvalue weighted by Crippen LogP contribution is 2.27. The van der Waals surface area contributed by atoms with Gasteiger partial charge < -0.3 is 15.0 Å². The van der Waals surface area contributed by atoms with Gasteiger partial charge >= 0.3 is 5.97 Å². The molecule has 0 aliphatic heterocycles. The van der Waals surface area contributed by atoms with Crippen molar-refractivity contribution in [2.45, 2.75) is 44.1 Å². The van der Waals surface area contributed by atoms with Crippen molar-refractivity contribution in [2.24, 2.45) is 7.05 Å². The number of rotatable bonds is 3. The van der Waals surface area contributed by atoms with Crippen LogP contribution in [0.3, 0.4) is 0 Å². The van der Waals surface area contributed by atoms with Gasteiger partial charge in [0.15, 0.2) is 0 Å². The van der Waals surface area contributed by atoms with Crippen LogP contribution in [-0.2, 0) is 11.8 Å². The Labute approximate surface area is 111 Å². The van der Waals surface area contributed by atoms with Gasteiger partial charge in [0.25, 0.3) is 5.91 Å². The molecule has 0 spiro atoms. The average Bonchev–Trinajstić information content (AvgIpc) is 2.64. The molecule has 1 heterocycles. The molecule has 6 heteroatoms. The van der Waals surface area contributed by atoms with E-state index < -0.39 is 11.5 Å². The first-order chi connectivity index (χ1) is 9.05. The molecule has 0 aromatic carbocycles. The van der Waals surface area contributed by atoms with Crippen molar-refractivity contribution >= 4 is 11.9 Å². The molecule has 0 bridgehead atoms. The minimum atomic E-state index is -1.13. The van der Waals surface area contributed by atoms with Gasteiger partial charge in [0, 0.05) is 7.05 Å². The van der Waals surface area contributed by atoms with Crippen LogP contribution in [0.5, 0.6) is 0 Å². The van der Waals surface area contributed by atoms with Gasteiger partial charge in [-0.3, -0.25) is 4.79 Å². The predicted octanol–water partition coefficient (Wildman–Crippen LogP) is 1.33. The first-order valence-corrected chi connectivity index (χ1v) is 6.57. The summed E-state index contributed by atoms with van der Waals surface area (Å²) < 4.78 is 1.58. The molecule has 0 unspecified atom stereocenters. The highest BCUT2D eigenvalue weighted by molar-refractivity contribution is 5.96. The minimum absolute atomic E-state index is 0.371. The van der Waals surface area contributed by atoms with Gasteiger partial charge in [-0.2, -0.15) is 0 Å². The third-order valence-corrected chi connectivity index (χ3v) is 3.77. The van der Waals surface area contributed by atoms with Crippen molar-refractivity contribution < 1.29 is 14.7 Å². The summed E-state index contributed by atoms with van der Waals surface area (Å²) in [6.45, 7) is 0. The van der Waals surface area contributed by atoms with Crippen molar-refractivity contribution in [2.75, 3.05) is 0 Å². The van der Waals surface area contributed by atoms with E-state index >= 15 is 0 Å². The molecule has 1 aromatic rings. The molecule has 2 N–H and O–H groups in total. The number of carbonyl (C=O) groups is 2. The summed E-state index contributed by atoms with van der Waals surface area (Å²) in [5, 5.41) is 12.2. The number of amides is 1. The maximum absolute atomic E-state index is 12.2. The van der Waals surface area contributed by atoms with Crippen LogP contribution in [-0.4, -0.2) is 32.1 Å². The lowest BCUT2D eigenvalue weighted by Crippen LogP contribution is -2.54. The Morgan fingerprint density at radius 2 is 1.95 bits per heavy atom. The molecule has 2 rings (SSSR count). The molecule has 1 saturated carbocycles. The van der Waals surface area contributed by atoms with Gasteiger partial charge in [-0.25, -0.2) is 9.78 Å². The number of aromatic nitrogens is 2. The number of nitrogens with one attached hydrogen (secondary N) is 1. The zero-order valence-corrected chi connectivity index (χ0v) is 11.1. The first-order valence-electron chi connectivity index (χ1n) is 6.57. The van der Waals surface area contributed by atoms with Gasteiger partial charge in [0.1, 0.15) is 11.2 Å². The Kier molecular flexibility index (Phi) is 3.87. The first kappa shape index (κ1) is 13.6. The van der Waals surface area contributed by atoms with Gasteiger partial charge in [-0.05, 0) is 12.8 Å². The maximum atomic E-state index is 12.2. The largest absolute Gasteiger partial charge is 0.480 e. The molecule has 104 valence electrons. The zero-order valence-electron chi connectivity index (χ0n) is 11.1. The summed E-state index contributed by atoms with van der Waals surface area (Å²) in [6, 6.07) is 0. The van der Waals surface area contributed by atoms with E-state index in [1.165, 1.54) is 12.5 Å². The lowest BCUT2D eigenvalue weighted by atomic mass is 9.90. The van der Waals surface area contributed by atoms with Crippen LogP contribution in [0.15, 0.2) is 12.5 Å². The predicted molar refractivity (Wildman–Crippen MR) is 68.7 cm³/mol. The average molecular weight is 265 g/mol. The van der Waals surface area contributed by atoms with Gasteiger partial charge in [-0.1, -0.05) is 25.7 Å². The van der Waals surface area contributed by atoms with E-state index in [2.05, 4.69) is 10.3 Å². The molecule has 0 saturated heterocycles. The maximum Gasteiger partial charge on any atom is 0.329 e. The fraction of sp³-hybridized carbons (Fsp3) is 0.615. The fourth-order valence-corrected chi connectivity index (χ4v) is 2.58. The summed E-state index contributed by atoms with van der Waals surface area (Å²) in [6.07, 6.45) is 7.66. The standard InChI is InChI=1S/C13H19N3O3/c1-16-9-14-8-10(16)11(17)15-13(12(18)19)6-4-2-3-5-7-13/h8-9H,2-7H2,1H3,(H,15,17)(H,18,19). The zero-order chi connectivity index (χ0) is 13.9. The normalized spacial score (nSPS) is 18.6. The van der Waals surface area contributed by atoms with Crippen LogP contribution >= 0.6 is 0 Å². The molecule has 1 fully saturated rings. The Morgan fingerprint density at radius 3 is 2.42 bits per heavy atom. The van der Waals surface area contributed by atoms with E-state index in [-0.39, 0.29) is 5.91 Å². The van der Waals surface area contributed by atoms with Crippen LogP contribution in [0.1, 0.15) is 49.0 Å². The van der Waals surface area contributed by atoms with E-state index in [4.69, 9.17) is 0 Å². The number of hydrogen-bond donors (Lipinski definition) is 2. The summed E-state index contributed by atoms with van der Waals surface area (Å²) in [7, 11) is 1.71. The molecule has 6 nitrogen and oxygen atoms in total. The molecular formula is C13H19N3O3. The van der Waals surface area contributed by atoms with Gasteiger partial charge in [-0.15, -0.1) is 0 Å². The number of carboxylic acids is 1. The number of carboxylic acid groups (broad SMARTS) is 1. The summed E-state index contributed by atoms with van der Waals surface area (Å²) in [4.78, 5) is 27.6. The number of imidazole rings is 1.